The van der Waals surface area contributed by atoms with E-state index in [9.17, 15) is 13.2 Å². The van der Waals surface area contributed by atoms with Gasteiger partial charge >= 0.3 is 0 Å². The number of carbonyl (C=O) groups excluding carboxylic acids is 1. The van der Waals surface area contributed by atoms with Crippen molar-refractivity contribution in [1.82, 2.24) is 5.32 Å². The molecule has 1 saturated heterocycles. The van der Waals surface area contributed by atoms with Crippen LogP contribution in [0, 0.1) is 6.92 Å². The number of sulfonamides is 1. The quantitative estimate of drug-likeness (QED) is 0.560. The van der Waals surface area contributed by atoms with E-state index in [1.54, 1.807) is 36.4 Å². The molecule has 1 aliphatic heterocycles. The number of thiophene rings is 1. The first kappa shape index (κ1) is 22.6. The Labute approximate surface area is 192 Å². The number of methoxy groups -OCH3 is 1. The lowest BCUT2D eigenvalue weighted by molar-refractivity contribution is 0.0861. The van der Waals surface area contributed by atoms with Gasteiger partial charge in [0.2, 0.25) is 0 Å². The molecule has 32 heavy (non-hydrogen) atoms. The third-order valence-corrected chi connectivity index (χ3v) is 8.48. The Kier molecular flexibility index (Phi) is 6.41. The normalized spacial score (nSPS) is 16.3. The molecule has 1 aliphatic rings. The van der Waals surface area contributed by atoms with E-state index in [2.05, 4.69) is 5.32 Å². The fraction of sp³-hybridized carbons (Fsp3) is 0.348. The average Bonchev–Trinajstić information content (AvgIpc) is 3.46. The fourth-order valence-corrected chi connectivity index (χ4v) is 6.10. The minimum Gasteiger partial charge on any atom is -0.495 e. The van der Waals surface area contributed by atoms with Crippen LogP contribution in [0.15, 0.2) is 47.4 Å². The van der Waals surface area contributed by atoms with Crippen molar-refractivity contribution in [2.75, 3.05) is 31.6 Å². The van der Waals surface area contributed by atoms with Gasteiger partial charge in [-0.3, -0.25) is 9.10 Å². The van der Waals surface area contributed by atoms with Crippen molar-refractivity contribution in [3.05, 3.63) is 52.9 Å². The van der Waals surface area contributed by atoms with Crippen molar-refractivity contribution in [1.29, 1.82) is 0 Å². The van der Waals surface area contributed by atoms with E-state index in [1.807, 2.05) is 13.0 Å². The standard InChI is InChI=1S/C23H26N2O5S2/c1-15-6-8-19(29-3)22(11-15)32(27,28)25(2)17-7-9-20-16(12-17)13-21(31-20)23(26)24-14-18-5-4-10-30-18/h6-9,11-13,18H,4-5,10,14H2,1-3H3,(H,24,26)/t18-/m0/s1. The lowest BCUT2D eigenvalue weighted by Gasteiger charge is -2.21. The van der Waals surface area contributed by atoms with E-state index < -0.39 is 10.0 Å². The zero-order chi connectivity index (χ0) is 22.9. The molecule has 0 aliphatic carbocycles. The lowest BCUT2D eigenvalue weighted by Crippen LogP contribution is -2.31. The predicted octanol–water partition coefficient (Wildman–Crippen LogP) is 3.95. The summed E-state index contributed by atoms with van der Waals surface area (Å²) >= 11 is 1.38. The average molecular weight is 475 g/mol. The summed E-state index contributed by atoms with van der Waals surface area (Å²) in [5, 5.41) is 3.74. The van der Waals surface area contributed by atoms with Crippen LogP contribution < -0.4 is 14.4 Å². The molecule has 1 N–H and O–H groups in total. The van der Waals surface area contributed by atoms with Crippen LogP contribution in [0.25, 0.3) is 10.1 Å². The van der Waals surface area contributed by atoms with Crippen LogP contribution in [-0.4, -0.2) is 47.7 Å². The maximum atomic E-state index is 13.3. The predicted molar refractivity (Wildman–Crippen MR) is 126 cm³/mol. The number of ether oxygens (including phenoxy) is 2. The van der Waals surface area contributed by atoms with Crippen LogP contribution in [0.1, 0.15) is 28.1 Å². The monoisotopic (exact) mass is 474 g/mol. The number of nitrogens with one attached hydrogen (secondary N) is 1. The first-order valence-electron chi connectivity index (χ1n) is 10.4. The summed E-state index contributed by atoms with van der Waals surface area (Å²) in [6.07, 6.45) is 2.07. The van der Waals surface area contributed by atoms with Crippen molar-refractivity contribution < 1.29 is 22.7 Å². The molecule has 0 unspecified atom stereocenters. The van der Waals surface area contributed by atoms with Gasteiger partial charge in [0.25, 0.3) is 15.9 Å². The van der Waals surface area contributed by atoms with Crippen molar-refractivity contribution in [2.45, 2.75) is 30.8 Å². The number of benzene rings is 2. The molecule has 0 bridgehead atoms. The Balaban J connectivity index is 1.58. The van der Waals surface area contributed by atoms with E-state index in [-0.39, 0.29) is 16.9 Å². The molecule has 2 heterocycles. The fourth-order valence-electron chi connectivity index (χ4n) is 3.71. The lowest BCUT2D eigenvalue weighted by atomic mass is 10.2. The SMILES string of the molecule is COc1ccc(C)cc1S(=O)(=O)N(C)c1ccc2sc(C(=O)NC[C@@H]3CCCO3)cc2c1. The molecule has 2 aromatic carbocycles. The molecule has 7 nitrogen and oxygen atoms in total. The molecule has 1 aromatic heterocycles. The van der Waals surface area contributed by atoms with Gasteiger partial charge in [-0.25, -0.2) is 8.42 Å². The van der Waals surface area contributed by atoms with E-state index in [0.717, 1.165) is 35.1 Å². The molecule has 0 spiro atoms. The zero-order valence-corrected chi connectivity index (χ0v) is 19.9. The molecular formula is C23H26N2O5S2. The summed E-state index contributed by atoms with van der Waals surface area (Å²) in [6.45, 7) is 3.08. The number of amides is 1. The van der Waals surface area contributed by atoms with Gasteiger partial charge in [-0.2, -0.15) is 0 Å². The number of aryl methyl sites for hydroxylation is 1. The number of carbonyl (C=O) groups is 1. The number of hydrogen-bond acceptors (Lipinski definition) is 6. The number of nitrogens with zero attached hydrogens (tertiary/aromatic N) is 1. The second kappa shape index (κ2) is 9.09. The molecular weight excluding hydrogens is 448 g/mol. The number of anilines is 1. The van der Waals surface area contributed by atoms with E-state index in [4.69, 9.17) is 9.47 Å². The molecule has 0 radical (unpaired) electrons. The van der Waals surface area contributed by atoms with Crippen LogP contribution in [0.5, 0.6) is 5.75 Å². The van der Waals surface area contributed by atoms with Gasteiger partial charge in [0.1, 0.15) is 10.6 Å². The Hall–Kier alpha value is -2.62. The van der Waals surface area contributed by atoms with Crippen molar-refractivity contribution in [3.63, 3.8) is 0 Å². The number of hydrogen-bond donors (Lipinski definition) is 1. The van der Waals surface area contributed by atoms with Gasteiger partial charge in [0, 0.05) is 24.9 Å². The maximum Gasteiger partial charge on any atom is 0.267 e. The minimum absolute atomic E-state index is 0.0809. The number of rotatable bonds is 7. The van der Waals surface area contributed by atoms with Gasteiger partial charge in [0.15, 0.2) is 0 Å². The zero-order valence-electron chi connectivity index (χ0n) is 18.3. The van der Waals surface area contributed by atoms with Gasteiger partial charge in [0.05, 0.1) is 23.8 Å². The molecule has 0 saturated carbocycles. The van der Waals surface area contributed by atoms with Crippen molar-refractivity contribution in [3.8, 4) is 5.75 Å². The molecule has 1 atom stereocenters. The van der Waals surface area contributed by atoms with E-state index in [0.29, 0.717) is 22.9 Å². The van der Waals surface area contributed by atoms with Crippen LogP contribution in [0.2, 0.25) is 0 Å². The molecule has 1 amide bonds. The molecule has 3 aromatic rings. The highest BCUT2D eigenvalue weighted by Crippen LogP contribution is 2.33. The molecule has 1 fully saturated rings. The van der Waals surface area contributed by atoms with Gasteiger partial charge in [-0.05, 0) is 67.1 Å². The Bertz CT molecular complexity index is 1250. The van der Waals surface area contributed by atoms with E-state index in [1.165, 1.54) is 29.8 Å². The first-order valence-corrected chi connectivity index (χ1v) is 12.6. The summed E-state index contributed by atoms with van der Waals surface area (Å²) < 4.78 is 39.6. The molecule has 170 valence electrons. The van der Waals surface area contributed by atoms with Crippen LogP contribution in [0.4, 0.5) is 5.69 Å². The third-order valence-electron chi connectivity index (χ3n) is 5.56. The van der Waals surface area contributed by atoms with Gasteiger partial charge in [-0.15, -0.1) is 11.3 Å². The summed E-state index contributed by atoms with van der Waals surface area (Å²) in [5.41, 5.74) is 1.33. The Morgan fingerprint density at radius 2 is 2.06 bits per heavy atom. The second-order valence-electron chi connectivity index (χ2n) is 7.80. The highest BCUT2D eigenvalue weighted by molar-refractivity contribution is 7.93. The largest absolute Gasteiger partial charge is 0.495 e. The summed E-state index contributed by atoms with van der Waals surface area (Å²) in [5.74, 6) is 0.151. The highest BCUT2D eigenvalue weighted by Gasteiger charge is 2.26. The summed E-state index contributed by atoms with van der Waals surface area (Å²) in [4.78, 5) is 13.3. The Morgan fingerprint density at radius 3 is 2.78 bits per heavy atom. The first-order chi connectivity index (χ1) is 15.3. The molecule has 4 rings (SSSR count). The number of fused-ring (bicyclic) bond motifs is 1. The smallest absolute Gasteiger partial charge is 0.267 e. The Morgan fingerprint density at radius 1 is 1.25 bits per heavy atom. The topological polar surface area (TPSA) is 84.9 Å². The van der Waals surface area contributed by atoms with Crippen LogP contribution in [0.3, 0.4) is 0 Å². The van der Waals surface area contributed by atoms with Gasteiger partial charge < -0.3 is 14.8 Å². The second-order valence-corrected chi connectivity index (χ2v) is 10.8. The van der Waals surface area contributed by atoms with E-state index >= 15 is 0 Å². The van der Waals surface area contributed by atoms with Crippen LogP contribution in [-0.2, 0) is 14.8 Å². The van der Waals surface area contributed by atoms with Gasteiger partial charge in [-0.1, -0.05) is 6.07 Å². The van der Waals surface area contributed by atoms with Crippen molar-refractivity contribution >= 4 is 43.0 Å². The summed E-state index contributed by atoms with van der Waals surface area (Å²) in [7, 11) is -0.870. The molecule has 9 heteroatoms. The third kappa shape index (κ3) is 4.46. The van der Waals surface area contributed by atoms with Crippen LogP contribution >= 0.6 is 11.3 Å². The highest BCUT2D eigenvalue weighted by atomic mass is 32.2. The van der Waals surface area contributed by atoms with Crippen molar-refractivity contribution in [2.24, 2.45) is 0 Å². The summed E-state index contributed by atoms with van der Waals surface area (Å²) in [6, 6.07) is 12.2. The minimum atomic E-state index is -3.84. The maximum absolute atomic E-state index is 13.3.